The lowest BCUT2D eigenvalue weighted by atomic mass is 9.81. The Morgan fingerprint density at radius 3 is 3.00 bits per heavy atom. The van der Waals surface area contributed by atoms with Crippen molar-refractivity contribution < 1.29 is 9.90 Å². The van der Waals surface area contributed by atoms with Crippen LogP contribution in [0.1, 0.15) is 17.5 Å². The Kier molecular flexibility index (Phi) is 2.33. The molecule has 0 saturated heterocycles. The molecule has 0 aliphatic heterocycles. The smallest absolute Gasteiger partial charge is 0.151 e. The fourth-order valence-corrected chi connectivity index (χ4v) is 2.20. The van der Waals surface area contributed by atoms with Gasteiger partial charge in [0.15, 0.2) is 6.29 Å². The Bertz CT molecular complexity index is 376. The second kappa shape index (κ2) is 3.37. The van der Waals surface area contributed by atoms with E-state index in [1.54, 1.807) is 0 Å². The van der Waals surface area contributed by atoms with Crippen molar-refractivity contribution in [2.45, 2.75) is 24.9 Å². The van der Waals surface area contributed by atoms with Gasteiger partial charge in [0.05, 0.1) is 0 Å². The van der Waals surface area contributed by atoms with E-state index in [0.717, 1.165) is 16.1 Å². The number of carbonyl (C=O) groups excluding carboxylic acids is 1. The highest BCUT2D eigenvalue weighted by Crippen LogP contribution is 2.31. The van der Waals surface area contributed by atoms with Gasteiger partial charge in [-0.15, -0.1) is 0 Å². The summed E-state index contributed by atoms with van der Waals surface area (Å²) in [6.07, 6.45) is 2.15. The third-order valence-electron chi connectivity index (χ3n) is 2.74. The highest BCUT2D eigenvalue weighted by Gasteiger charge is 2.32. The van der Waals surface area contributed by atoms with Crippen molar-refractivity contribution in [3.8, 4) is 0 Å². The summed E-state index contributed by atoms with van der Waals surface area (Å²) in [5.74, 6) is 0. The zero-order chi connectivity index (χ0) is 10.2. The summed E-state index contributed by atoms with van der Waals surface area (Å²) in [5, 5.41) is 10.5. The molecule has 1 aromatic rings. The predicted molar refractivity (Wildman–Crippen MR) is 54.5 cm³/mol. The average Bonchev–Trinajstić information content (AvgIpc) is 2.18. The van der Waals surface area contributed by atoms with Crippen LogP contribution in [0.25, 0.3) is 0 Å². The average molecular weight is 211 g/mol. The van der Waals surface area contributed by atoms with Gasteiger partial charge in [-0.1, -0.05) is 23.7 Å². The number of fused-ring (bicyclic) bond motifs is 1. The lowest BCUT2D eigenvalue weighted by Crippen LogP contribution is -2.37. The van der Waals surface area contributed by atoms with E-state index >= 15 is 0 Å². The maximum Gasteiger partial charge on any atom is 0.151 e. The van der Waals surface area contributed by atoms with Crippen molar-refractivity contribution in [3.05, 3.63) is 34.3 Å². The van der Waals surface area contributed by atoms with E-state index in [-0.39, 0.29) is 0 Å². The summed E-state index contributed by atoms with van der Waals surface area (Å²) in [6.45, 7) is 0. The van der Waals surface area contributed by atoms with Gasteiger partial charge in [-0.2, -0.15) is 0 Å². The van der Waals surface area contributed by atoms with Crippen molar-refractivity contribution in [1.29, 1.82) is 0 Å². The molecule has 0 fully saturated rings. The van der Waals surface area contributed by atoms with Crippen molar-refractivity contribution >= 4 is 17.9 Å². The summed E-state index contributed by atoms with van der Waals surface area (Å²) in [7, 11) is 0. The summed E-state index contributed by atoms with van der Waals surface area (Å²) in [4.78, 5) is 10.7. The van der Waals surface area contributed by atoms with E-state index in [1.807, 2.05) is 18.2 Å². The third-order valence-corrected chi connectivity index (χ3v) is 3.09. The Morgan fingerprint density at radius 2 is 2.29 bits per heavy atom. The number of halogens is 1. The molecule has 0 radical (unpaired) electrons. The summed E-state index contributed by atoms with van der Waals surface area (Å²) >= 11 is 6.01. The summed E-state index contributed by atoms with van der Waals surface area (Å²) in [6, 6.07) is 5.60. The summed E-state index contributed by atoms with van der Waals surface area (Å²) in [5.41, 5.74) is 0.872. The molecule has 1 aliphatic rings. The molecule has 0 aromatic heterocycles. The maximum atomic E-state index is 10.7. The molecule has 1 aromatic carbocycles. The van der Waals surface area contributed by atoms with Gasteiger partial charge >= 0.3 is 0 Å². The molecule has 1 atom stereocenters. The molecule has 2 rings (SSSR count). The largest absolute Gasteiger partial charge is 0.382 e. The maximum absolute atomic E-state index is 10.7. The third kappa shape index (κ3) is 1.56. The van der Waals surface area contributed by atoms with Gasteiger partial charge < -0.3 is 9.90 Å². The molecule has 14 heavy (non-hydrogen) atoms. The Hall–Kier alpha value is -0.860. The van der Waals surface area contributed by atoms with E-state index in [2.05, 4.69) is 0 Å². The van der Waals surface area contributed by atoms with Crippen LogP contribution in [-0.4, -0.2) is 17.0 Å². The molecule has 0 spiro atoms. The van der Waals surface area contributed by atoms with Gasteiger partial charge in [-0.3, -0.25) is 0 Å². The van der Waals surface area contributed by atoms with Crippen LogP contribution in [0.5, 0.6) is 0 Å². The minimum Gasteiger partial charge on any atom is -0.382 e. The monoisotopic (exact) mass is 210 g/mol. The first-order valence-electron chi connectivity index (χ1n) is 4.60. The standard InChI is InChI=1S/C11H11ClO2/c12-10-3-1-2-8-6-11(14,7-13)5-4-9(8)10/h1-3,7,14H,4-6H2. The molecule has 2 nitrogen and oxygen atoms in total. The van der Waals surface area contributed by atoms with Crippen molar-refractivity contribution in [3.63, 3.8) is 0 Å². The molecular weight excluding hydrogens is 200 g/mol. The zero-order valence-corrected chi connectivity index (χ0v) is 8.42. The normalized spacial score (nSPS) is 25.6. The minimum atomic E-state index is -1.18. The van der Waals surface area contributed by atoms with Crippen LogP contribution in [0.15, 0.2) is 18.2 Å². The van der Waals surface area contributed by atoms with Crippen LogP contribution in [0.4, 0.5) is 0 Å². The number of carbonyl (C=O) groups is 1. The number of benzene rings is 1. The quantitative estimate of drug-likeness (QED) is 0.718. The molecule has 0 heterocycles. The zero-order valence-electron chi connectivity index (χ0n) is 7.66. The van der Waals surface area contributed by atoms with Crippen LogP contribution < -0.4 is 0 Å². The molecule has 74 valence electrons. The molecule has 1 N–H and O–H groups in total. The second-order valence-corrected chi connectivity index (χ2v) is 4.18. The summed E-state index contributed by atoms with van der Waals surface area (Å²) < 4.78 is 0. The predicted octanol–water partition coefficient (Wildman–Crippen LogP) is 1.76. The molecule has 0 amide bonds. The first-order chi connectivity index (χ1) is 6.64. The minimum absolute atomic E-state index is 0.381. The van der Waals surface area contributed by atoms with Crippen molar-refractivity contribution in [1.82, 2.24) is 0 Å². The number of aliphatic hydroxyl groups is 1. The van der Waals surface area contributed by atoms with E-state index < -0.39 is 5.60 Å². The molecular formula is C11H11ClO2. The fraction of sp³-hybridized carbons (Fsp3) is 0.364. The second-order valence-electron chi connectivity index (χ2n) is 3.78. The molecule has 1 unspecified atom stereocenters. The molecule has 0 bridgehead atoms. The van der Waals surface area contributed by atoms with Crippen molar-refractivity contribution in [2.75, 3.05) is 0 Å². The molecule has 0 saturated carbocycles. The first kappa shape index (κ1) is 9.69. The van der Waals surface area contributed by atoms with E-state index in [4.69, 9.17) is 11.6 Å². The van der Waals surface area contributed by atoms with Crippen LogP contribution in [0.3, 0.4) is 0 Å². The first-order valence-corrected chi connectivity index (χ1v) is 4.97. The highest BCUT2D eigenvalue weighted by molar-refractivity contribution is 6.31. The van der Waals surface area contributed by atoms with E-state index in [1.165, 1.54) is 0 Å². The van der Waals surface area contributed by atoms with Gasteiger partial charge in [0.2, 0.25) is 0 Å². The number of rotatable bonds is 1. The topological polar surface area (TPSA) is 37.3 Å². The van der Waals surface area contributed by atoms with E-state index in [0.29, 0.717) is 25.5 Å². The fourth-order valence-electron chi connectivity index (χ4n) is 1.91. The van der Waals surface area contributed by atoms with Crippen LogP contribution >= 0.6 is 11.6 Å². The van der Waals surface area contributed by atoms with E-state index in [9.17, 15) is 9.90 Å². The Balaban J connectivity index is 2.41. The van der Waals surface area contributed by atoms with Gasteiger partial charge in [0.25, 0.3) is 0 Å². The van der Waals surface area contributed by atoms with Crippen LogP contribution in [0.2, 0.25) is 5.02 Å². The van der Waals surface area contributed by atoms with Gasteiger partial charge in [0.1, 0.15) is 5.60 Å². The lowest BCUT2D eigenvalue weighted by Gasteiger charge is -2.28. The van der Waals surface area contributed by atoms with Crippen LogP contribution in [-0.2, 0) is 17.6 Å². The SMILES string of the molecule is O=CC1(O)CCc2c(Cl)cccc2C1. The Labute approximate surface area is 87.5 Å². The van der Waals surface area contributed by atoms with Crippen molar-refractivity contribution in [2.24, 2.45) is 0 Å². The Morgan fingerprint density at radius 1 is 1.50 bits per heavy atom. The highest BCUT2D eigenvalue weighted by atomic mass is 35.5. The number of aldehydes is 1. The van der Waals surface area contributed by atoms with Gasteiger partial charge in [-0.25, -0.2) is 0 Å². The number of hydrogen-bond donors (Lipinski definition) is 1. The van der Waals surface area contributed by atoms with Crippen LogP contribution in [0, 0.1) is 0 Å². The van der Waals surface area contributed by atoms with Gasteiger partial charge in [-0.05, 0) is 30.0 Å². The number of hydrogen-bond acceptors (Lipinski definition) is 2. The van der Waals surface area contributed by atoms with Gasteiger partial charge in [0, 0.05) is 11.4 Å². The molecule has 3 heteroatoms. The lowest BCUT2D eigenvalue weighted by molar-refractivity contribution is -0.125. The molecule has 1 aliphatic carbocycles.